The molecule has 0 bridgehead atoms. The van der Waals surface area contributed by atoms with E-state index in [1.54, 1.807) is 10.6 Å². The normalized spacial score (nSPS) is 11.5. The lowest BCUT2D eigenvalue weighted by atomic mass is 10.1. The fourth-order valence-electron chi connectivity index (χ4n) is 2.29. The number of benzene rings is 1. The zero-order chi connectivity index (χ0) is 18.0. The average Bonchev–Trinajstić information content (AvgIpc) is 3.02. The molecule has 7 heteroatoms. The topological polar surface area (TPSA) is 65.7 Å². The number of pyridine rings is 1. The lowest BCUT2D eigenvalue weighted by Gasteiger charge is -2.21. The second-order valence-corrected chi connectivity index (χ2v) is 7.58. The summed E-state index contributed by atoms with van der Waals surface area (Å²) in [6.07, 6.45) is 1.41. The molecule has 0 fully saturated rings. The summed E-state index contributed by atoms with van der Waals surface area (Å²) in [6.45, 7) is 5.81. The number of hydrogen-bond acceptors (Lipinski definition) is 5. The van der Waals surface area contributed by atoms with Gasteiger partial charge in [0.1, 0.15) is 33.5 Å². The van der Waals surface area contributed by atoms with Gasteiger partial charge in [-0.1, -0.05) is 30.3 Å². The molecule has 0 atom stereocenters. The van der Waals surface area contributed by atoms with Crippen LogP contribution in [0.15, 0.2) is 42.7 Å². The zero-order valence-electron chi connectivity index (χ0n) is 14.2. The predicted octanol–water partition coefficient (Wildman–Crippen LogP) is 3.87. The Hall–Kier alpha value is -2.16. The van der Waals surface area contributed by atoms with Crippen molar-refractivity contribution in [2.24, 2.45) is 0 Å². The molecular formula is C18H18IN3O3. The molecule has 0 aliphatic carbocycles. The third-order valence-corrected chi connectivity index (χ3v) is 4.08. The van der Waals surface area contributed by atoms with E-state index in [1.807, 2.05) is 51.1 Å². The van der Waals surface area contributed by atoms with Crippen molar-refractivity contribution in [3.63, 3.8) is 0 Å². The minimum absolute atomic E-state index is 0.281. The molecule has 1 aromatic carbocycles. The van der Waals surface area contributed by atoms with Crippen molar-refractivity contribution >= 4 is 34.2 Å². The summed E-state index contributed by atoms with van der Waals surface area (Å²) in [7, 11) is 0. The van der Waals surface area contributed by atoms with Crippen LogP contribution in [0, 0.1) is 3.70 Å². The molecule has 3 aromatic rings. The van der Waals surface area contributed by atoms with E-state index in [2.05, 4.69) is 32.7 Å². The summed E-state index contributed by atoms with van der Waals surface area (Å²) in [4.78, 5) is 16.9. The van der Waals surface area contributed by atoms with Crippen molar-refractivity contribution in [3.8, 4) is 5.75 Å². The molecule has 0 aliphatic rings. The number of esters is 1. The molecule has 0 saturated carbocycles. The Morgan fingerprint density at radius 1 is 1.24 bits per heavy atom. The maximum Gasteiger partial charge on any atom is 0.346 e. The van der Waals surface area contributed by atoms with Crippen LogP contribution in [0.1, 0.15) is 36.7 Å². The van der Waals surface area contributed by atoms with Crippen LogP contribution < -0.4 is 4.74 Å². The Balaban J connectivity index is 2.01. The van der Waals surface area contributed by atoms with Crippen LogP contribution in [0.3, 0.4) is 0 Å². The molecule has 0 aliphatic heterocycles. The van der Waals surface area contributed by atoms with E-state index in [0.29, 0.717) is 18.0 Å². The van der Waals surface area contributed by atoms with E-state index in [0.717, 1.165) is 9.26 Å². The molecule has 0 saturated heterocycles. The Morgan fingerprint density at radius 2 is 1.96 bits per heavy atom. The lowest BCUT2D eigenvalue weighted by molar-refractivity contribution is 0.00670. The summed E-state index contributed by atoms with van der Waals surface area (Å²) >= 11 is 2.13. The number of halogens is 1. The summed E-state index contributed by atoms with van der Waals surface area (Å²) in [5.74, 6) is -0.0482. The van der Waals surface area contributed by atoms with Crippen LogP contribution in [-0.2, 0) is 11.3 Å². The van der Waals surface area contributed by atoms with E-state index in [-0.39, 0.29) is 5.56 Å². The van der Waals surface area contributed by atoms with Gasteiger partial charge in [-0.3, -0.25) is 0 Å². The third kappa shape index (κ3) is 4.09. The van der Waals surface area contributed by atoms with E-state index in [9.17, 15) is 4.79 Å². The van der Waals surface area contributed by atoms with Crippen LogP contribution in [-0.4, -0.2) is 26.2 Å². The van der Waals surface area contributed by atoms with E-state index in [1.165, 1.54) is 6.33 Å². The van der Waals surface area contributed by atoms with Gasteiger partial charge in [-0.15, -0.1) is 0 Å². The number of rotatable bonds is 4. The van der Waals surface area contributed by atoms with Crippen molar-refractivity contribution in [3.05, 3.63) is 57.6 Å². The molecule has 2 heterocycles. The first kappa shape index (κ1) is 17.7. The number of fused-ring (bicyclic) bond motifs is 1. The van der Waals surface area contributed by atoms with Gasteiger partial charge in [-0.05, 0) is 48.9 Å². The highest BCUT2D eigenvalue weighted by Crippen LogP contribution is 2.28. The monoisotopic (exact) mass is 451 g/mol. The highest BCUT2D eigenvalue weighted by atomic mass is 127. The highest BCUT2D eigenvalue weighted by molar-refractivity contribution is 14.1. The van der Waals surface area contributed by atoms with Crippen LogP contribution in [0.5, 0.6) is 5.75 Å². The number of nitrogens with zero attached hydrogens (tertiary/aromatic N) is 3. The van der Waals surface area contributed by atoms with Gasteiger partial charge in [-0.2, -0.15) is 5.10 Å². The second-order valence-electron chi connectivity index (χ2n) is 6.48. The number of carbonyl (C=O) groups excluding carboxylic acids is 1. The first-order chi connectivity index (χ1) is 11.8. The summed E-state index contributed by atoms with van der Waals surface area (Å²) in [6, 6.07) is 11.5. The van der Waals surface area contributed by atoms with Crippen LogP contribution >= 0.6 is 22.6 Å². The molecule has 0 N–H and O–H groups in total. The molecule has 25 heavy (non-hydrogen) atoms. The highest BCUT2D eigenvalue weighted by Gasteiger charge is 2.26. The second kappa shape index (κ2) is 6.99. The summed E-state index contributed by atoms with van der Waals surface area (Å²) < 4.78 is 13.8. The Bertz CT molecular complexity index is 901. The van der Waals surface area contributed by atoms with Gasteiger partial charge in [0.05, 0.1) is 0 Å². The van der Waals surface area contributed by atoms with Gasteiger partial charge in [0.25, 0.3) is 0 Å². The number of carbonyl (C=O) groups is 1. The lowest BCUT2D eigenvalue weighted by Crippen LogP contribution is -2.25. The fraction of sp³-hybridized carbons (Fsp3) is 0.278. The van der Waals surface area contributed by atoms with Crippen LogP contribution in [0.4, 0.5) is 0 Å². The maximum absolute atomic E-state index is 12.7. The van der Waals surface area contributed by atoms with Crippen molar-refractivity contribution < 1.29 is 14.3 Å². The molecule has 2 aromatic heterocycles. The predicted molar refractivity (Wildman–Crippen MR) is 102 cm³/mol. The van der Waals surface area contributed by atoms with Crippen molar-refractivity contribution in [1.29, 1.82) is 0 Å². The largest absolute Gasteiger partial charge is 0.488 e. The van der Waals surface area contributed by atoms with E-state index in [4.69, 9.17) is 9.47 Å². The number of aromatic nitrogens is 3. The quantitative estimate of drug-likeness (QED) is 0.343. The van der Waals surface area contributed by atoms with Crippen molar-refractivity contribution in [1.82, 2.24) is 14.6 Å². The molecule has 0 amide bonds. The molecule has 130 valence electrons. The Labute approximate surface area is 159 Å². The fourth-order valence-corrected chi connectivity index (χ4v) is 2.93. The van der Waals surface area contributed by atoms with Gasteiger partial charge >= 0.3 is 5.97 Å². The molecular weight excluding hydrogens is 433 g/mol. The van der Waals surface area contributed by atoms with Gasteiger partial charge in [0.15, 0.2) is 5.65 Å². The SMILES string of the molecule is CC(C)(C)OC(=O)c1c(OCc2ccccc2)cc(I)n2ncnc12. The first-order valence-corrected chi connectivity index (χ1v) is 8.85. The van der Waals surface area contributed by atoms with Gasteiger partial charge in [0.2, 0.25) is 0 Å². The average molecular weight is 451 g/mol. The number of hydrogen-bond donors (Lipinski definition) is 0. The van der Waals surface area contributed by atoms with Crippen LogP contribution in [0.2, 0.25) is 0 Å². The summed E-state index contributed by atoms with van der Waals surface area (Å²) in [5, 5.41) is 4.15. The molecule has 0 radical (unpaired) electrons. The summed E-state index contributed by atoms with van der Waals surface area (Å²) in [5.41, 5.74) is 1.09. The standard InChI is InChI=1S/C18H18IN3O3/c1-18(2,3)25-17(23)15-13(24-10-12-7-5-4-6-8-12)9-14(19)22-16(15)20-11-21-22/h4-9,11H,10H2,1-3H3. The van der Waals surface area contributed by atoms with Crippen molar-refractivity contribution in [2.45, 2.75) is 33.0 Å². The van der Waals surface area contributed by atoms with E-state index < -0.39 is 11.6 Å². The maximum atomic E-state index is 12.7. The minimum atomic E-state index is -0.617. The molecule has 6 nitrogen and oxygen atoms in total. The van der Waals surface area contributed by atoms with Crippen LogP contribution in [0.25, 0.3) is 5.65 Å². The zero-order valence-corrected chi connectivity index (χ0v) is 16.4. The molecule has 0 unspecified atom stereocenters. The smallest absolute Gasteiger partial charge is 0.346 e. The van der Waals surface area contributed by atoms with Crippen molar-refractivity contribution in [2.75, 3.05) is 0 Å². The van der Waals surface area contributed by atoms with Gasteiger partial charge < -0.3 is 9.47 Å². The minimum Gasteiger partial charge on any atom is -0.488 e. The number of ether oxygens (including phenoxy) is 2. The Morgan fingerprint density at radius 3 is 2.64 bits per heavy atom. The first-order valence-electron chi connectivity index (χ1n) is 7.77. The van der Waals surface area contributed by atoms with E-state index >= 15 is 0 Å². The Kier molecular flexibility index (Phi) is 4.94. The molecule has 0 spiro atoms. The van der Waals surface area contributed by atoms with Gasteiger partial charge in [0, 0.05) is 6.07 Å². The third-order valence-electron chi connectivity index (χ3n) is 3.31. The molecule has 3 rings (SSSR count). The van der Waals surface area contributed by atoms with Gasteiger partial charge in [-0.25, -0.2) is 14.3 Å².